The maximum Gasteiger partial charge on any atom is 0.410 e. The van der Waals surface area contributed by atoms with Crippen molar-refractivity contribution in [2.75, 3.05) is 31.6 Å². The lowest BCUT2D eigenvalue weighted by molar-refractivity contribution is -0.856. The Morgan fingerprint density at radius 2 is 2.22 bits per heavy atom. The first-order valence-corrected chi connectivity index (χ1v) is 7.73. The number of amides is 1. The molecule has 1 heterocycles. The Bertz CT molecular complexity index is 281. The van der Waals surface area contributed by atoms with Crippen LogP contribution in [-0.4, -0.2) is 54.3 Å². The molecule has 1 aliphatic heterocycles. The van der Waals surface area contributed by atoms with Gasteiger partial charge in [-0.25, -0.2) is 4.79 Å². The molecule has 106 valence electrons. The van der Waals surface area contributed by atoms with E-state index in [1.165, 1.54) is 0 Å². The Hall–Kier alpha value is -0.460. The summed E-state index contributed by atoms with van der Waals surface area (Å²) in [5.41, 5.74) is -0.484. The molecule has 1 rings (SSSR count). The largest absolute Gasteiger partial charge is 0.634 e. The molecule has 0 aromatic rings. The average molecular weight is 276 g/mol. The number of carbonyl (C=O) groups is 1. The summed E-state index contributed by atoms with van der Waals surface area (Å²) in [7, 11) is 0. The van der Waals surface area contributed by atoms with Crippen LogP contribution in [-0.2, 0) is 4.74 Å². The lowest BCUT2D eigenvalue weighted by Crippen LogP contribution is -3.11. The highest BCUT2D eigenvalue weighted by molar-refractivity contribution is 7.98. The van der Waals surface area contributed by atoms with Crippen LogP contribution >= 0.6 is 11.8 Å². The van der Waals surface area contributed by atoms with Crippen molar-refractivity contribution in [3.63, 3.8) is 0 Å². The number of nitrogens with one attached hydrogen (secondary N) is 1. The fraction of sp³-hybridized carbons (Fsp3) is 0.917. The van der Waals surface area contributed by atoms with Crippen LogP contribution in [0.3, 0.4) is 0 Å². The molecule has 0 aromatic heterocycles. The molecule has 1 N–H and O–H groups in total. The van der Waals surface area contributed by atoms with Gasteiger partial charge in [0.05, 0.1) is 25.7 Å². The lowest BCUT2D eigenvalue weighted by atomic mass is 10.1. The van der Waals surface area contributed by atoms with Gasteiger partial charge in [0.15, 0.2) is 0 Å². The summed E-state index contributed by atoms with van der Waals surface area (Å²) in [6.07, 6.45) is 2.59. The first-order valence-electron chi connectivity index (χ1n) is 6.34. The molecule has 0 aromatic carbocycles. The first-order chi connectivity index (χ1) is 8.33. The van der Waals surface area contributed by atoms with Crippen LogP contribution in [0.25, 0.3) is 0 Å². The number of quaternary nitrogens is 1. The summed E-state index contributed by atoms with van der Waals surface area (Å²) in [5.74, 6) is 0.956. The van der Waals surface area contributed by atoms with Crippen LogP contribution in [0.1, 0.15) is 27.2 Å². The van der Waals surface area contributed by atoms with Gasteiger partial charge in [-0.05, 0) is 39.2 Å². The van der Waals surface area contributed by atoms with Gasteiger partial charge in [0.1, 0.15) is 5.60 Å². The molecule has 2 atom stereocenters. The van der Waals surface area contributed by atoms with Gasteiger partial charge in [-0.2, -0.15) is 11.8 Å². The van der Waals surface area contributed by atoms with Crippen molar-refractivity contribution in [2.24, 2.45) is 0 Å². The number of ether oxygens (including phenoxy) is 1. The van der Waals surface area contributed by atoms with E-state index in [4.69, 9.17) is 4.74 Å². The molecular weight excluding hydrogens is 252 g/mol. The van der Waals surface area contributed by atoms with Crippen LogP contribution in [0.5, 0.6) is 0 Å². The second-order valence-corrected chi connectivity index (χ2v) is 6.59. The Morgan fingerprint density at radius 3 is 2.78 bits per heavy atom. The summed E-state index contributed by atoms with van der Waals surface area (Å²) < 4.78 is 5.39. The molecule has 1 amide bonds. The van der Waals surface area contributed by atoms with E-state index in [0.29, 0.717) is 19.6 Å². The van der Waals surface area contributed by atoms with Gasteiger partial charge < -0.3 is 15.0 Å². The van der Waals surface area contributed by atoms with Crippen LogP contribution in [0.4, 0.5) is 4.79 Å². The van der Waals surface area contributed by atoms with Crippen molar-refractivity contribution in [2.45, 2.75) is 38.8 Å². The lowest BCUT2D eigenvalue weighted by Gasteiger charge is -2.41. The molecule has 5 nitrogen and oxygen atoms in total. The van der Waals surface area contributed by atoms with Crippen molar-refractivity contribution in [1.82, 2.24) is 4.90 Å². The van der Waals surface area contributed by atoms with Gasteiger partial charge >= 0.3 is 6.09 Å². The zero-order valence-corrected chi connectivity index (χ0v) is 12.5. The third-order valence-electron chi connectivity index (χ3n) is 2.82. The highest BCUT2D eigenvalue weighted by Crippen LogP contribution is 2.15. The zero-order chi connectivity index (χ0) is 13.8. The molecule has 1 saturated heterocycles. The van der Waals surface area contributed by atoms with E-state index in [1.54, 1.807) is 16.7 Å². The molecule has 0 radical (unpaired) electrons. The number of hydrogen-bond donors (Lipinski definition) is 1. The number of thioether (sulfide) groups is 1. The molecule has 0 saturated carbocycles. The van der Waals surface area contributed by atoms with Gasteiger partial charge in [-0.3, -0.25) is 4.90 Å². The number of hydrogen-bond acceptors (Lipinski definition) is 4. The highest BCUT2D eigenvalue weighted by Gasteiger charge is 2.33. The number of nitrogens with zero attached hydrogens (tertiary/aromatic N) is 1. The van der Waals surface area contributed by atoms with E-state index in [0.717, 1.165) is 12.2 Å². The van der Waals surface area contributed by atoms with Crippen LogP contribution in [0.2, 0.25) is 0 Å². The average Bonchev–Trinajstić information content (AvgIpc) is 2.23. The van der Waals surface area contributed by atoms with Gasteiger partial charge in [-0.1, -0.05) is 0 Å². The second kappa shape index (κ2) is 6.63. The van der Waals surface area contributed by atoms with E-state index < -0.39 is 5.60 Å². The SMILES string of the molecule is CSCCC1C[NH+]([O-])CCN1C(=O)OC(C)(C)C. The minimum atomic E-state index is -0.484. The quantitative estimate of drug-likeness (QED) is 0.773. The van der Waals surface area contributed by atoms with E-state index in [2.05, 4.69) is 0 Å². The second-order valence-electron chi connectivity index (χ2n) is 5.60. The molecular formula is C12H24N2O3S. The van der Waals surface area contributed by atoms with Gasteiger partial charge in [0.2, 0.25) is 0 Å². The van der Waals surface area contributed by atoms with E-state index in [9.17, 15) is 10.0 Å². The van der Waals surface area contributed by atoms with E-state index in [1.807, 2.05) is 27.0 Å². The summed E-state index contributed by atoms with van der Waals surface area (Å²) in [4.78, 5) is 13.8. The number of piperazine rings is 1. The summed E-state index contributed by atoms with van der Waals surface area (Å²) in [6.45, 7) is 6.99. The fourth-order valence-electron chi connectivity index (χ4n) is 1.98. The Morgan fingerprint density at radius 1 is 1.56 bits per heavy atom. The Labute approximate surface area is 113 Å². The zero-order valence-electron chi connectivity index (χ0n) is 11.7. The fourth-order valence-corrected chi connectivity index (χ4v) is 2.48. The summed E-state index contributed by atoms with van der Waals surface area (Å²) in [6, 6.07) is 0.00792. The highest BCUT2D eigenvalue weighted by atomic mass is 32.2. The third kappa shape index (κ3) is 5.04. The van der Waals surface area contributed by atoms with Crippen LogP contribution in [0.15, 0.2) is 0 Å². The predicted molar refractivity (Wildman–Crippen MR) is 73.8 cm³/mol. The van der Waals surface area contributed by atoms with Crippen LogP contribution in [0, 0.1) is 5.21 Å². The minimum absolute atomic E-state index is 0.00792. The Balaban J connectivity index is 2.61. The number of rotatable bonds is 3. The Kier molecular flexibility index (Phi) is 5.75. The standard InChI is InChI=1S/C12H24N2O3S/c1-12(2,3)17-11(15)14-7-6-13(16)9-10(14)5-8-18-4/h10,13H,5-9H2,1-4H3. The summed E-state index contributed by atoms with van der Waals surface area (Å²) >= 11 is 1.73. The first kappa shape index (κ1) is 15.6. The monoisotopic (exact) mass is 276 g/mol. The van der Waals surface area contributed by atoms with Crippen molar-refractivity contribution >= 4 is 17.9 Å². The van der Waals surface area contributed by atoms with Gasteiger partial charge in [0.25, 0.3) is 0 Å². The molecule has 0 bridgehead atoms. The van der Waals surface area contributed by atoms with Crippen molar-refractivity contribution < 1.29 is 14.6 Å². The third-order valence-corrected chi connectivity index (χ3v) is 3.46. The van der Waals surface area contributed by atoms with Crippen LogP contribution < -0.4 is 5.06 Å². The number of carbonyl (C=O) groups excluding carboxylic acids is 1. The van der Waals surface area contributed by atoms with Crippen molar-refractivity contribution in [3.05, 3.63) is 5.21 Å². The topological polar surface area (TPSA) is 57.0 Å². The summed E-state index contributed by atoms with van der Waals surface area (Å²) in [5, 5.41) is 11.8. The van der Waals surface area contributed by atoms with E-state index >= 15 is 0 Å². The van der Waals surface area contributed by atoms with Crippen molar-refractivity contribution in [1.29, 1.82) is 0 Å². The number of hydroxylamine groups is 2. The molecule has 0 spiro atoms. The predicted octanol–water partition coefficient (Wildman–Crippen LogP) is 0.742. The maximum absolute atomic E-state index is 12.1. The van der Waals surface area contributed by atoms with Crippen molar-refractivity contribution in [3.8, 4) is 0 Å². The molecule has 2 unspecified atom stereocenters. The maximum atomic E-state index is 12.1. The molecule has 18 heavy (non-hydrogen) atoms. The smallest absolute Gasteiger partial charge is 0.410 e. The van der Waals surface area contributed by atoms with Gasteiger partial charge in [0, 0.05) is 0 Å². The molecule has 1 fully saturated rings. The normalized spacial score (nSPS) is 25.1. The minimum Gasteiger partial charge on any atom is -0.634 e. The van der Waals surface area contributed by atoms with Gasteiger partial charge in [-0.15, -0.1) is 0 Å². The molecule has 1 aliphatic rings. The van der Waals surface area contributed by atoms with E-state index in [-0.39, 0.29) is 17.2 Å². The molecule has 6 heteroatoms. The molecule has 0 aliphatic carbocycles.